The average Bonchev–Trinajstić information content (AvgIpc) is 2.58. The molecule has 0 saturated heterocycles. The van der Waals surface area contributed by atoms with Crippen LogP contribution in [0.15, 0.2) is 35.6 Å². The zero-order valence-corrected chi connectivity index (χ0v) is 9.22. The first-order valence-corrected chi connectivity index (χ1v) is 5.11. The fraction of sp³-hybridized carbons (Fsp3) is 0.500. The Morgan fingerprint density at radius 3 is 2.23 bits per heavy atom. The number of hydrogen-bond donors (Lipinski definition) is 1. The second kappa shape index (κ2) is 7.66. The first kappa shape index (κ1) is 12.0. The fourth-order valence-corrected chi connectivity index (χ4v) is 1.29. The Morgan fingerprint density at radius 1 is 1.08 bits per heavy atom. The summed E-state index contributed by atoms with van der Waals surface area (Å²) in [7, 11) is 0. The smallest absolute Gasteiger partial charge is 0.0370 e. The lowest BCUT2D eigenvalue weighted by atomic mass is 10.1. The highest BCUT2D eigenvalue weighted by atomic mass is 14.9. The third-order valence-corrected chi connectivity index (χ3v) is 1.76. The van der Waals surface area contributed by atoms with Crippen LogP contribution in [0.4, 0.5) is 0 Å². The Balaban J connectivity index is 0.000000671. The van der Waals surface area contributed by atoms with E-state index in [0.717, 1.165) is 13.0 Å². The van der Waals surface area contributed by atoms with E-state index in [1.54, 1.807) is 0 Å². The van der Waals surface area contributed by atoms with Crippen molar-refractivity contribution < 1.29 is 0 Å². The highest BCUT2D eigenvalue weighted by molar-refractivity contribution is 5.35. The molecule has 0 saturated carbocycles. The lowest BCUT2D eigenvalue weighted by Gasteiger charge is -1.96. The third kappa shape index (κ3) is 3.97. The summed E-state index contributed by atoms with van der Waals surface area (Å²) in [5.74, 6) is 0. The van der Waals surface area contributed by atoms with Gasteiger partial charge in [0, 0.05) is 12.2 Å². The topological polar surface area (TPSA) is 12.0 Å². The van der Waals surface area contributed by atoms with Crippen molar-refractivity contribution in [2.45, 2.75) is 34.1 Å². The van der Waals surface area contributed by atoms with E-state index in [0.29, 0.717) is 0 Å². The molecule has 1 rings (SSSR count). The standard InChI is InChI=1S/C10H15N.C2H6/c1-3-5-9-7-8-11-10(9)6-4-2;1-2/h3-6,11H,7-8H2,1-2H3;1-2H3/b5-3-,6-4-;. The molecule has 0 bridgehead atoms. The number of allylic oxidation sites excluding steroid dienone is 4. The van der Waals surface area contributed by atoms with Crippen LogP contribution in [0, 0.1) is 0 Å². The Bertz CT molecular complexity index is 187. The number of hydrogen-bond acceptors (Lipinski definition) is 1. The molecular formula is C12H21N. The molecule has 1 aliphatic heterocycles. The van der Waals surface area contributed by atoms with Crippen molar-refractivity contribution >= 4 is 0 Å². The van der Waals surface area contributed by atoms with Crippen molar-refractivity contribution in [2.75, 3.05) is 6.54 Å². The van der Waals surface area contributed by atoms with Crippen LogP contribution < -0.4 is 5.32 Å². The van der Waals surface area contributed by atoms with Crippen LogP contribution in [0.1, 0.15) is 34.1 Å². The van der Waals surface area contributed by atoms with E-state index in [1.165, 1.54) is 11.3 Å². The molecule has 1 heterocycles. The fourth-order valence-electron chi connectivity index (χ4n) is 1.29. The Labute approximate surface area is 82.2 Å². The van der Waals surface area contributed by atoms with Crippen LogP contribution in [0.2, 0.25) is 0 Å². The molecule has 0 aromatic heterocycles. The van der Waals surface area contributed by atoms with E-state index in [-0.39, 0.29) is 0 Å². The molecule has 0 aliphatic carbocycles. The molecule has 1 nitrogen and oxygen atoms in total. The summed E-state index contributed by atoms with van der Waals surface area (Å²) < 4.78 is 0. The van der Waals surface area contributed by atoms with E-state index in [9.17, 15) is 0 Å². The molecule has 0 atom stereocenters. The van der Waals surface area contributed by atoms with Gasteiger partial charge in [-0.25, -0.2) is 0 Å². The SMILES string of the molecule is C/C=C\C1=C(/C=C\C)NCC1.CC. The summed E-state index contributed by atoms with van der Waals surface area (Å²) >= 11 is 0. The van der Waals surface area contributed by atoms with Gasteiger partial charge in [-0.1, -0.05) is 32.1 Å². The summed E-state index contributed by atoms with van der Waals surface area (Å²) in [5.41, 5.74) is 2.70. The van der Waals surface area contributed by atoms with E-state index < -0.39 is 0 Å². The minimum Gasteiger partial charge on any atom is -0.384 e. The quantitative estimate of drug-likeness (QED) is 0.685. The summed E-state index contributed by atoms with van der Waals surface area (Å²) in [4.78, 5) is 0. The maximum absolute atomic E-state index is 3.33. The summed E-state index contributed by atoms with van der Waals surface area (Å²) in [6.45, 7) is 9.18. The lowest BCUT2D eigenvalue weighted by Crippen LogP contribution is -2.04. The predicted molar refractivity (Wildman–Crippen MR) is 60.6 cm³/mol. The largest absolute Gasteiger partial charge is 0.384 e. The van der Waals surface area contributed by atoms with Crippen LogP contribution >= 0.6 is 0 Å². The first-order valence-electron chi connectivity index (χ1n) is 5.11. The van der Waals surface area contributed by atoms with Crippen LogP contribution in [0.3, 0.4) is 0 Å². The molecule has 1 heteroatoms. The molecule has 1 N–H and O–H groups in total. The molecular weight excluding hydrogens is 158 g/mol. The second-order valence-corrected chi connectivity index (χ2v) is 2.62. The molecule has 1 aliphatic rings. The van der Waals surface area contributed by atoms with Gasteiger partial charge < -0.3 is 5.32 Å². The first-order chi connectivity index (χ1) is 6.38. The monoisotopic (exact) mass is 179 g/mol. The molecule has 0 amide bonds. The van der Waals surface area contributed by atoms with Gasteiger partial charge in [-0.05, 0) is 31.9 Å². The van der Waals surface area contributed by atoms with Crippen molar-refractivity contribution in [2.24, 2.45) is 0 Å². The lowest BCUT2D eigenvalue weighted by molar-refractivity contribution is 0.888. The predicted octanol–water partition coefficient (Wildman–Crippen LogP) is 3.41. The van der Waals surface area contributed by atoms with Crippen molar-refractivity contribution in [1.82, 2.24) is 5.32 Å². The van der Waals surface area contributed by atoms with Crippen LogP contribution in [0.5, 0.6) is 0 Å². The average molecular weight is 179 g/mol. The van der Waals surface area contributed by atoms with Gasteiger partial charge in [-0.3, -0.25) is 0 Å². The van der Waals surface area contributed by atoms with E-state index in [1.807, 2.05) is 20.8 Å². The molecule has 74 valence electrons. The van der Waals surface area contributed by atoms with Gasteiger partial charge in [0.2, 0.25) is 0 Å². The van der Waals surface area contributed by atoms with E-state index in [2.05, 4.69) is 36.5 Å². The van der Waals surface area contributed by atoms with E-state index in [4.69, 9.17) is 0 Å². The minimum atomic E-state index is 1.08. The second-order valence-electron chi connectivity index (χ2n) is 2.62. The van der Waals surface area contributed by atoms with Gasteiger partial charge in [-0.15, -0.1) is 0 Å². The van der Waals surface area contributed by atoms with Gasteiger partial charge in [0.05, 0.1) is 0 Å². The molecule has 0 aromatic rings. The zero-order valence-electron chi connectivity index (χ0n) is 9.22. The molecule has 0 unspecified atom stereocenters. The summed E-state index contributed by atoms with van der Waals surface area (Å²) in [5, 5.41) is 3.33. The van der Waals surface area contributed by atoms with Crippen molar-refractivity contribution in [3.05, 3.63) is 35.6 Å². The molecule has 0 fully saturated rings. The maximum atomic E-state index is 3.33. The van der Waals surface area contributed by atoms with Crippen LogP contribution in [0.25, 0.3) is 0 Å². The summed E-state index contributed by atoms with van der Waals surface area (Å²) in [6.07, 6.45) is 9.62. The normalized spacial score (nSPS) is 16.3. The highest BCUT2D eigenvalue weighted by Gasteiger charge is 2.06. The number of rotatable bonds is 2. The number of nitrogens with one attached hydrogen (secondary N) is 1. The van der Waals surface area contributed by atoms with Crippen molar-refractivity contribution in [1.29, 1.82) is 0 Å². The van der Waals surface area contributed by atoms with Gasteiger partial charge in [0.15, 0.2) is 0 Å². The Kier molecular flexibility index (Phi) is 7.08. The van der Waals surface area contributed by atoms with Gasteiger partial charge in [-0.2, -0.15) is 0 Å². The van der Waals surface area contributed by atoms with Gasteiger partial charge in [0.1, 0.15) is 0 Å². The molecule has 13 heavy (non-hydrogen) atoms. The molecule has 0 aromatic carbocycles. The Hall–Kier alpha value is -0.980. The van der Waals surface area contributed by atoms with Crippen molar-refractivity contribution in [3.63, 3.8) is 0 Å². The Morgan fingerprint density at radius 2 is 1.69 bits per heavy atom. The minimum absolute atomic E-state index is 1.08. The van der Waals surface area contributed by atoms with E-state index >= 15 is 0 Å². The molecule has 0 spiro atoms. The van der Waals surface area contributed by atoms with Crippen LogP contribution in [-0.2, 0) is 0 Å². The zero-order chi connectivity index (χ0) is 10.1. The van der Waals surface area contributed by atoms with Gasteiger partial charge in [0.25, 0.3) is 0 Å². The molecule has 0 radical (unpaired) electrons. The van der Waals surface area contributed by atoms with Crippen LogP contribution in [-0.4, -0.2) is 6.54 Å². The highest BCUT2D eigenvalue weighted by Crippen LogP contribution is 2.15. The maximum Gasteiger partial charge on any atom is 0.0370 e. The van der Waals surface area contributed by atoms with Crippen molar-refractivity contribution in [3.8, 4) is 0 Å². The summed E-state index contributed by atoms with van der Waals surface area (Å²) in [6, 6.07) is 0. The van der Waals surface area contributed by atoms with Gasteiger partial charge >= 0.3 is 0 Å². The third-order valence-electron chi connectivity index (χ3n) is 1.76.